The Labute approximate surface area is 197 Å². The van der Waals surface area contributed by atoms with Gasteiger partial charge in [0.2, 0.25) is 5.91 Å². The molecule has 3 aromatic rings. The highest BCUT2D eigenvalue weighted by Crippen LogP contribution is 2.26. The number of halogens is 1. The van der Waals surface area contributed by atoms with Crippen LogP contribution in [0.1, 0.15) is 32.6 Å². The molecule has 176 valence electrons. The predicted molar refractivity (Wildman–Crippen MR) is 127 cm³/mol. The number of amides is 1. The van der Waals surface area contributed by atoms with E-state index < -0.39 is 5.82 Å². The number of nitrogens with zero attached hydrogens (tertiary/aromatic N) is 4. The molecule has 0 saturated carbocycles. The number of aromatic nitrogens is 3. The minimum atomic E-state index is -0.441. The van der Waals surface area contributed by atoms with E-state index in [1.165, 1.54) is 17.8 Å². The molecule has 1 amide bonds. The summed E-state index contributed by atoms with van der Waals surface area (Å²) in [6, 6.07) is 15.7. The molecular formula is C24H29FN4O3S. The summed E-state index contributed by atoms with van der Waals surface area (Å²) in [5.74, 6) is 0.398. The van der Waals surface area contributed by atoms with Crippen LogP contribution in [0, 0.1) is 5.82 Å². The zero-order chi connectivity index (χ0) is 23.8. The highest BCUT2D eigenvalue weighted by atomic mass is 32.2. The van der Waals surface area contributed by atoms with Crippen LogP contribution in [-0.4, -0.2) is 46.2 Å². The van der Waals surface area contributed by atoms with Gasteiger partial charge in [0.15, 0.2) is 22.5 Å². The van der Waals surface area contributed by atoms with E-state index in [-0.39, 0.29) is 36.1 Å². The third kappa shape index (κ3) is 6.33. The van der Waals surface area contributed by atoms with E-state index in [2.05, 4.69) is 10.2 Å². The maximum atomic E-state index is 13.9. The van der Waals surface area contributed by atoms with E-state index in [9.17, 15) is 9.18 Å². The minimum absolute atomic E-state index is 0.00974. The van der Waals surface area contributed by atoms with Crippen molar-refractivity contribution in [1.82, 2.24) is 14.8 Å². The van der Waals surface area contributed by atoms with E-state index in [1.807, 2.05) is 55.7 Å². The molecular weight excluding hydrogens is 443 g/mol. The SMILES string of the molecule is COC[C@@H](C)n1c(COc2ccccc2F)nnc1SCC(=O)N(c1ccccc1)C(C)C. The quantitative estimate of drug-likeness (QED) is 0.376. The molecule has 0 radical (unpaired) electrons. The van der Waals surface area contributed by atoms with Crippen LogP contribution < -0.4 is 9.64 Å². The standard InChI is InChI=1S/C24H29FN4O3S/c1-17(2)28(19-10-6-5-7-11-19)23(30)16-33-24-27-26-22(29(24)18(3)14-31-4)15-32-21-13-9-8-12-20(21)25/h5-13,17-18H,14-16H2,1-4H3/t18-/m1/s1. The second kappa shape index (κ2) is 11.8. The van der Waals surface area contributed by atoms with Crippen molar-refractivity contribution in [3.05, 3.63) is 66.2 Å². The molecule has 7 nitrogen and oxygen atoms in total. The van der Waals surface area contributed by atoms with Crippen LogP contribution in [0.25, 0.3) is 0 Å². The monoisotopic (exact) mass is 472 g/mol. The summed E-state index contributed by atoms with van der Waals surface area (Å²) in [5, 5.41) is 9.10. The van der Waals surface area contributed by atoms with E-state index in [4.69, 9.17) is 9.47 Å². The molecule has 0 spiro atoms. The fourth-order valence-corrected chi connectivity index (χ4v) is 4.40. The summed E-state index contributed by atoms with van der Waals surface area (Å²) in [6.45, 7) is 6.40. The second-order valence-electron chi connectivity index (χ2n) is 7.77. The average Bonchev–Trinajstić information content (AvgIpc) is 3.21. The van der Waals surface area contributed by atoms with Gasteiger partial charge < -0.3 is 14.4 Å². The van der Waals surface area contributed by atoms with Gasteiger partial charge in [-0.1, -0.05) is 42.1 Å². The Morgan fingerprint density at radius 2 is 1.79 bits per heavy atom. The molecule has 1 heterocycles. The number of para-hydroxylation sites is 2. The Balaban J connectivity index is 1.76. The first kappa shape index (κ1) is 24.7. The lowest BCUT2D eigenvalue weighted by Gasteiger charge is -2.27. The van der Waals surface area contributed by atoms with Gasteiger partial charge in [-0.3, -0.25) is 9.36 Å². The number of carbonyl (C=O) groups excluding carboxylic acids is 1. The number of methoxy groups -OCH3 is 1. The lowest BCUT2D eigenvalue weighted by atomic mass is 10.2. The smallest absolute Gasteiger partial charge is 0.237 e. The Morgan fingerprint density at radius 1 is 1.09 bits per heavy atom. The molecule has 0 aliphatic rings. The summed E-state index contributed by atoms with van der Waals surface area (Å²) in [5.41, 5.74) is 0.853. The summed E-state index contributed by atoms with van der Waals surface area (Å²) in [7, 11) is 1.62. The Kier molecular flexibility index (Phi) is 8.85. The highest BCUT2D eigenvalue weighted by Gasteiger charge is 2.23. The third-order valence-electron chi connectivity index (χ3n) is 4.92. The van der Waals surface area contributed by atoms with E-state index in [0.29, 0.717) is 17.6 Å². The van der Waals surface area contributed by atoms with Gasteiger partial charge in [0.05, 0.1) is 18.4 Å². The molecule has 1 aromatic heterocycles. The molecule has 0 unspecified atom stereocenters. The molecule has 0 saturated heterocycles. The molecule has 0 bridgehead atoms. The van der Waals surface area contributed by atoms with Crippen molar-refractivity contribution in [2.24, 2.45) is 0 Å². The number of ether oxygens (including phenoxy) is 2. The Bertz CT molecular complexity index is 1050. The first-order valence-corrected chi connectivity index (χ1v) is 11.7. The number of hydrogen-bond donors (Lipinski definition) is 0. The van der Waals surface area contributed by atoms with Gasteiger partial charge >= 0.3 is 0 Å². The molecule has 2 aromatic carbocycles. The summed E-state index contributed by atoms with van der Waals surface area (Å²) in [4.78, 5) is 14.8. The molecule has 0 fully saturated rings. The van der Waals surface area contributed by atoms with Crippen molar-refractivity contribution < 1.29 is 18.7 Å². The van der Waals surface area contributed by atoms with Gasteiger partial charge in [0, 0.05) is 18.8 Å². The lowest BCUT2D eigenvalue weighted by Crippen LogP contribution is -2.38. The van der Waals surface area contributed by atoms with Crippen LogP contribution in [0.4, 0.5) is 10.1 Å². The van der Waals surface area contributed by atoms with Gasteiger partial charge in [-0.2, -0.15) is 0 Å². The zero-order valence-electron chi connectivity index (χ0n) is 19.3. The van der Waals surface area contributed by atoms with Crippen molar-refractivity contribution in [2.45, 2.75) is 44.6 Å². The maximum absolute atomic E-state index is 13.9. The van der Waals surface area contributed by atoms with Crippen molar-refractivity contribution in [2.75, 3.05) is 24.4 Å². The van der Waals surface area contributed by atoms with Crippen LogP contribution in [0.15, 0.2) is 59.8 Å². The van der Waals surface area contributed by atoms with Gasteiger partial charge in [0.1, 0.15) is 6.61 Å². The Hall–Kier alpha value is -2.91. The number of rotatable bonds is 11. The Morgan fingerprint density at radius 3 is 2.45 bits per heavy atom. The second-order valence-corrected chi connectivity index (χ2v) is 8.72. The molecule has 1 atom stereocenters. The lowest BCUT2D eigenvalue weighted by molar-refractivity contribution is -0.116. The third-order valence-corrected chi connectivity index (χ3v) is 5.85. The number of anilines is 1. The van der Waals surface area contributed by atoms with E-state index in [0.717, 1.165) is 5.69 Å². The highest BCUT2D eigenvalue weighted by molar-refractivity contribution is 7.99. The number of hydrogen-bond acceptors (Lipinski definition) is 6. The van der Waals surface area contributed by atoms with Crippen LogP contribution in [0.5, 0.6) is 5.75 Å². The number of carbonyl (C=O) groups is 1. The molecule has 33 heavy (non-hydrogen) atoms. The first-order valence-electron chi connectivity index (χ1n) is 10.7. The van der Waals surface area contributed by atoms with Gasteiger partial charge in [-0.05, 0) is 45.0 Å². The zero-order valence-corrected chi connectivity index (χ0v) is 20.1. The van der Waals surface area contributed by atoms with Crippen LogP contribution in [0.3, 0.4) is 0 Å². The molecule has 9 heteroatoms. The number of benzene rings is 2. The van der Waals surface area contributed by atoms with Crippen molar-refractivity contribution in [3.8, 4) is 5.75 Å². The fraction of sp³-hybridized carbons (Fsp3) is 0.375. The van der Waals surface area contributed by atoms with E-state index in [1.54, 1.807) is 30.2 Å². The molecule has 0 aliphatic carbocycles. The van der Waals surface area contributed by atoms with Crippen molar-refractivity contribution in [3.63, 3.8) is 0 Å². The van der Waals surface area contributed by atoms with E-state index >= 15 is 0 Å². The summed E-state index contributed by atoms with van der Waals surface area (Å²) >= 11 is 1.31. The predicted octanol–water partition coefficient (Wildman–Crippen LogP) is 4.74. The summed E-state index contributed by atoms with van der Waals surface area (Å²) in [6.07, 6.45) is 0. The fourth-order valence-electron chi connectivity index (χ4n) is 3.48. The minimum Gasteiger partial charge on any atom is -0.483 e. The van der Waals surface area contributed by atoms with Crippen LogP contribution in [0.2, 0.25) is 0 Å². The number of thioether (sulfide) groups is 1. The largest absolute Gasteiger partial charge is 0.483 e. The van der Waals surface area contributed by atoms with Gasteiger partial charge in [-0.25, -0.2) is 4.39 Å². The van der Waals surface area contributed by atoms with Crippen molar-refractivity contribution >= 4 is 23.4 Å². The van der Waals surface area contributed by atoms with Crippen LogP contribution >= 0.6 is 11.8 Å². The van der Waals surface area contributed by atoms with Crippen molar-refractivity contribution in [1.29, 1.82) is 0 Å². The first-order chi connectivity index (χ1) is 15.9. The normalized spacial score (nSPS) is 12.1. The molecule has 0 aliphatic heterocycles. The average molecular weight is 473 g/mol. The van der Waals surface area contributed by atoms with Crippen LogP contribution in [-0.2, 0) is 16.1 Å². The van der Waals surface area contributed by atoms with Gasteiger partial charge in [0.25, 0.3) is 0 Å². The van der Waals surface area contributed by atoms with Gasteiger partial charge in [-0.15, -0.1) is 10.2 Å². The molecule has 3 rings (SSSR count). The topological polar surface area (TPSA) is 69.5 Å². The summed E-state index contributed by atoms with van der Waals surface area (Å²) < 4.78 is 26.8. The molecule has 0 N–H and O–H groups in total. The maximum Gasteiger partial charge on any atom is 0.237 e.